The van der Waals surface area contributed by atoms with Crippen molar-refractivity contribution >= 4 is 0 Å². The van der Waals surface area contributed by atoms with Crippen molar-refractivity contribution in [2.24, 2.45) is 11.3 Å². The fourth-order valence-electron chi connectivity index (χ4n) is 2.84. The molecule has 2 nitrogen and oxygen atoms in total. The maximum absolute atomic E-state index is 5.69. The molecule has 0 aliphatic carbocycles. The van der Waals surface area contributed by atoms with Crippen molar-refractivity contribution in [1.29, 1.82) is 0 Å². The van der Waals surface area contributed by atoms with Gasteiger partial charge in [0, 0.05) is 6.54 Å². The summed E-state index contributed by atoms with van der Waals surface area (Å²) in [6, 6.07) is 6.75. The average Bonchev–Trinajstić information content (AvgIpc) is 2.44. The molecule has 0 radical (unpaired) electrons. The minimum atomic E-state index is 0.349. The molecule has 2 heteroatoms. The lowest BCUT2D eigenvalue weighted by molar-refractivity contribution is 0.287. The third-order valence-electron chi connectivity index (χ3n) is 4.22. The van der Waals surface area contributed by atoms with Gasteiger partial charge in [0.2, 0.25) is 0 Å². The summed E-state index contributed by atoms with van der Waals surface area (Å²) in [6.07, 6.45) is 4.70. The van der Waals surface area contributed by atoms with Crippen LogP contribution in [0.2, 0.25) is 0 Å². The highest BCUT2D eigenvalue weighted by atomic mass is 16.5. The first-order valence-electron chi connectivity index (χ1n) is 8.42. The van der Waals surface area contributed by atoms with Crippen LogP contribution >= 0.6 is 0 Å². The fourth-order valence-corrected chi connectivity index (χ4v) is 2.84. The van der Waals surface area contributed by atoms with Crippen LogP contribution in [0.1, 0.15) is 51.7 Å². The van der Waals surface area contributed by atoms with Crippen LogP contribution in [-0.4, -0.2) is 19.7 Å². The van der Waals surface area contributed by atoms with Gasteiger partial charge in [-0.3, -0.25) is 0 Å². The van der Waals surface area contributed by atoms with Gasteiger partial charge in [0.25, 0.3) is 0 Å². The number of hydrogen-bond donors (Lipinski definition) is 1. The van der Waals surface area contributed by atoms with Gasteiger partial charge in [-0.15, -0.1) is 0 Å². The van der Waals surface area contributed by atoms with Crippen molar-refractivity contribution < 1.29 is 4.74 Å². The summed E-state index contributed by atoms with van der Waals surface area (Å²) in [6.45, 7) is 12.3. The molecule has 0 atom stereocenters. The minimum Gasteiger partial charge on any atom is -0.493 e. The van der Waals surface area contributed by atoms with E-state index < -0.39 is 0 Å². The Kier molecular flexibility index (Phi) is 5.69. The lowest BCUT2D eigenvalue weighted by atomic mass is 9.85. The largest absolute Gasteiger partial charge is 0.493 e. The quantitative estimate of drug-likeness (QED) is 0.811. The fraction of sp³-hybridized carbons (Fsp3) is 0.684. The molecule has 0 spiro atoms. The highest BCUT2D eigenvalue weighted by Crippen LogP contribution is 2.28. The van der Waals surface area contributed by atoms with E-state index in [-0.39, 0.29) is 0 Å². The van der Waals surface area contributed by atoms with E-state index in [9.17, 15) is 0 Å². The van der Waals surface area contributed by atoms with E-state index in [1.165, 1.54) is 24.0 Å². The molecule has 0 saturated heterocycles. The Hall–Kier alpha value is -1.02. The minimum absolute atomic E-state index is 0.349. The number of nitrogens with one attached hydrogen (secondary N) is 1. The number of ether oxygens (including phenoxy) is 1. The first kappa shape index (κ1) is 16.4. The molecular weight excluding hydrogens is 258 g/mol. The second-order valence-corrected chi connectivity index (χ2v) is 7.58. The Morgan fingerprint density at radius 1 is 1.29 bits per heavy atom. The number of aryl methyl sites for hydroxylation is 2. The second-order valence-electron chi connectivity index (χ2n) is 7.58. The van der Waals surface area contributed by atoms with Crippen LogP contribution in [0.3, 0.4) is 0 Å². The van der Waals surface area contributed by atoms with Gasteiger partial charge in [0.1, 0.15) is 5.75 Å². The molecule has 1 aliphatic rings. The number of benzene rings is 1. The Morgan fingerprint density at radius 3 is 2.86 bits per heavy atom. The summed E-state index contributed by atoms with van der Waals surface area (Å²) >= 11 is 0. The second kappa shape index (κ2) is 7.31. The van der Waals surface area contributed by atoms with Crippen molar-refractivity contribution in [3.8, 4) is 5.75 Å². The first-order chi connectivity index (χ1) is 9.96. The molecule has 1 aromatic carbocycles. The maximum atomic E-state index is 5.69. The van der Waals surface area contributed by atoms with Crippen LogP contribution in [0.5, 0.6) is 5.75 Å². The van der Waals surface area contributed by atoms with Gasteiger partial charge in [-0.25, -0.2) is 0 Å². The lowest BCUT2D eigenvalue weighted by Crippen LogP contribution is -2.32. The third kappa shape index (κ3) is 5.35. The normalized spacial score (nSPS) is 14.9. The molecule has 1 aliphatic heterocycles. The van der Waals surface area contributed by atoms with Crippen LogP contribution in [0.15, 0.2) is 18.2 Å². The molecule has 0 fully saturated rings. The molecule has 21 heavy (non-hydrogen) atoms. The Morgan fingerprint density at radius 2 is 2.10 bits per heavy atom. The molecular formula is C19H31NO. The highest BCUT2D eigenvalue weighted by molar-refractivity contribution is 5.38. The van der Waals surface area contributed by atoms with E-state index in [1.807, 2.05) is 0 Å². The van der Waals surface area contributed by atoms with Gasteiger partial charge in [0.05, 0.1) is 6.61 Å². The van der Waals surface area contributed by atoms with Crippen LogP contribution in [0.4, 0.5) is 0 Å². The van der Waals surface area contributed by atoms with E-state index in [0.29, 0.717) is 5.41 Å². The average molecular weight is 289 g/mol. The monoisotopic (exact) mass is 289 g/mol. The van der Waals surface area contributed by atoms with Crippen LogP contribution in [-0.2, 0) is 12.8 Å². The topological polar surface area (TPSA) is 21.3 Å². The predicted octanol–water partition coefficient (Wildman–Crippen LogP) is 4.22. The summed E-state index contributed by atoms with van der Waals surface area (Å²) in [5, 5.41) is 3.59. The molecule has 1 heterocycles. The summed E-state index contributed by atoms with van der Waals surface area (Å²) in [5.41, 5.74) is 3.20. The molecule has 1 aromatic rings. The first-order valence-corrected chi connectivity index (χ1v) is 8.42. The zero-order chi connectivity index (χ0) is 15.3. The molecule has 118 valence electrons. The Balaban J connectivity index is 1.84. The van der Waals surface area contributed by atoms with E-state index in [4.69, 9.17) is 4.74 Å². The summed E-state index contributed by atoms with van der Waals surface area (Å²) in [4.78, 5) is 0. The van der Waals surface area contributed by atoms with Crippen LogP contribution in [0.25, 0.3) is 0 Å². The molecule has 0 aromatic heterocycles. The summed E-state index contributed by atoms with van der Waals surface area (Å²) in [5.74, 6) is 1.82. The van der Waals surface area contributed by atoms with Crippen molar-refractivity contribution in [1.82, 2.24) is 5.32 Å². The van der Waals surface area contributed by atoms with E-state index in [1.54, 1.807) is 0 Å². The molecule has 0 amide bonds. The van der Waals surface area contributed by atoms with Crippen molar-refractivity contribution in [3.05, 3.63) is 29.3 Å². The van der Waals surface area contributed by atoms with Gasteiger partial charge >= 0.3 is 0 Å². The molecule has 1 N–H and O–H groups in total. The van der Waals surface area contributed by atoms with E-state index >= 15 is 0 Å². The maximum Gasteiger partial charge on any atom is 0.122 e. The van der Waals surface area contributed by atoms with Crippen molar-refractivity contribution in [2.45, 2.75) is 53.4 Å². The number of rotatable bonds is 7. The van der Waals surface area contributed by atoms with Gasteiger partial charge in [-0.2, -0.15) is 0 Å². The van der Waals surface area contributed by atoms with Crippen LogP contribution in [0, 0.1) is 11.3 Å². The lowest BCUT2D eigenvalue weighted by Gasteiger charge is -2.26. The molecule has 2 rings (SSSR count). The number of fused-ring (bicyclic) bond motifs is 1. The van der Waals surface area contributed by atoms with Crippen molar-refractivity contribution in [2.75, 3.05) is 19.7 Å². The highest BCUT2D eigenvalue weighted by Gasteiger charge is 2.18. The Labute approximate surface area is 130 Å². The summed E-state index contributed by atoms with van der Waals surface area (Å²) in [7, 11) is 0. The van der Waals surface area contributed by atoms with Gasteiger partial charge in [0.15, 0.2) is 0 Å². The van der Waals surface area contributed by atoms with Crippen LogP contribution < -0.4 is 10.1 Å². The standard InChI is InChI=1S/C19H31NO/c1-15(2)13-20-14-19(3,4)10-9-16-7-8-18-17(12-16)6-5-11-21-18/h7-8,12,15,20H,5-6,9-11,13-14H2,1-4H3. The summed E-state index contributed by atoms with van der Waals surface area (Å²) < 4.78 is 5.69. The zero-order valence-corrected chi connectivity index (χ0v) is 14.2. The Bertz CT molecular complexity index is 451. The van der Waals surface area contributed by atoms with Gasteiger partial charge in [-0.1, -0.05) is 39.8 Å². The van der Waals surface area contributed by atoms with Gasteiger partial charge < -0.3 is 10.1 Å². The van der Waals surface area contributed by atoms with E-state index in [2.05, 4.69) is 51.2 Å². The zero-order valence-electron chi connectivity index (χ0n) is 14.2. The van der Waals surface area contributed by atoms with E-state index in [0.717, 1.165) is 44.2 Å². The predicted molar refractivity (Wildman–Crippen MR) is 90.1 cm³/mol. The molecule has 0 bridgehead atoms. The van der Waals surface area contributed by atoms with Crippen molar-refractivity contribution in [3.63, 3.8) is 0 Å². The molecule has 0 unspecified atom stereocenters. The third-order valence-corrected chi connectivity index (χ3v) is 4.22. The van der Waals surface area contributed by atoms with Gasteiger partial charge in [-0.05, 0) is 60.8 Å². The number of hydrogen-bond acceptors (Lipinski definition) is 2. The molecule has 0 saturated carbocycles. The smallest absolute Gasteiger partial charge is 0.122 e. The SMILES string of the molecule is CC(C)CNCC(C)(C)CCc1ccc2c(c1)CCCO2.